The molecule has 0 aliphatic rings. The quantitative estimate of drug-likeness (QED) is 0.762. The van der Waals surface area contributed by atoms with Crippen LogP contribution in [0.25, 0.3) is 0 Å². The molecule has 72 valence electrons. The van der Waals surface area contributed by atoms with E-state index in [1.54, 1.807) is 30.3 Å². The van der Waals surface area contributed by atoms with Crippen LogP contribution in [0.15, 0.2) is 46.2 Å². The van der Waals surface area contributed by atoms with Crippen molar-refractivity contribution in [3.63, 3.8) is 0 Å². The average Bonchev–Trinajstić information content (AvgIpc) is 2.31. The zero-order chi connectivity index (χ0) is 10.7. The van der Waals surface area contributed by atoms with Gasteiger partial charge in [-0.2, -0.15) is 0 Å². The molecule has 2 nitrogen and oxygen atoms in total. The molecule has 0 saturated heterocycles. The maximum Gasteiger partial charge on any atom is 0.207 e. The fourth-order valence-electron chi connectivity index (χ4n) is 1.14. The van der Waals surface area contributed by atoms with Gasteiger partial charge in [-0.05, 0) is 30.3 Å². The highest BCUT2D eigenvalue weighted by Gasteiger charge is 2.16. The fraction of sp³-hybridized carbons (Fsp3) is 0. The van der Waals surface area contributed by atoms with Crippen LogP contribution in [0, 0.1) is 24.3 Å². The summed E-state index contributed by atoms with van der Waals surface area (Å²) in [7, 11) is -3.48. The van der Waals surface area contributed by atoms with E-state index in [-0.39, 0.29) is 9.79 Å². The van der Waals surface area contributed by atoms with E-state index in [4.69, 9.17) is 0 Å². The minimum atomic E-state index is -3.48. The van der Waals surface area contributed by atoms with Crippen LogP contribution in [0.5, 0.6) is 0 Å². The van der Waals surface area contributed by atoms with Crippen LogP contribution >= 0.6 is 0 Å². The van der Waals surface area contributed by atoms with Gasteiger partial charge >= 0.3 is 0 Å². The predicted molar refractivity (Wildman–Crippen MR) is 53.7 cm³/mol. The highest BCUT2D eigenvalue weighted by Crippen LogP contribution is 2.18. The molecule has 3 heteroatoms. The van der Waals surface area contributed by atoms with E-state index in [1.807, 2.05) is 0 Å². The summed E-state index contributed by atoms with van der Waals surface area (Å²) >= 11 is 0. The summed E-state index contributed by atoms with van der Waals surface area (Å²) in [6.45, 7) is 0. The smallest absolute Gasteiger partial charge is 0.207 e. The summed E-state index contributed by atoms with van der Waals surface area (Å²) < 4.78 is 23.9. The van der Waals surface area contributed by atoms with Crippen LogP contribution in [0.4, 0.5) is 0 Å². The standard InChI is InChI=1S/C12H6O2S/c13-15(14,11-7-3-1-4-8-11)12-9-5-2-6-10-12/h1,3-4,7-9H. The Kier molecular flexibility index (Phi) is 2.56. The van der Waals surface area contributed by atoms with Crippen molar-refractivity contribution in [2.75, 3.05) is 0 Å². The zero-order valence-electron chi connectivity index (χ0n) is 7.69. The fourth-order valence-corrected chi connectivity index (χ4v) is 2.31. The minimum absolute atomic E-state index is 0.0625. The lowest BCUT2D eigenvalue weighted by atomic mass is 10.4. The van der Waals surface area contributed by atoms with Crippen LogP contribution in [-0.4, -0.2) is 8.42 Å². The number of hydrogen-bond acceptors (Lipinski definition) is 2. The van der Waals surface area contributed by atoms with Gasteiger partial charge in [0.15, 0.2) is 0 Å². The van der Waals surface area contributed by atoms with Gasteiger partial charge in [-0.25, -0.2) is 8.42 Å². The summed E-state index contributed by atoms with van der Waals surface area (Å²) in [6.07, 6.45) is 0. The Hall–Kier alpha value is -1.61. The predicted octanol–water partition coefficient (Wildman–Crippen LogP) is 1.72. The molecule has 0 heterocycles. The lowest BCUT2D eigenvalue weighted by Gasteiger charge is -2.02. The van der Waals surface area contributed by atoms with Crippen molar-refractivity contribution >= 4 is 9.84 Å². The normalized spacial score (nSPS) is 11.2. The summed E-state index contributed by atoms with van der Waals surface area (Å²) in [4.78, 5) is 0.307. The second kappa shape index (κ2) is 3.87. The highest BCUT2D eigenvalue weighted by molar-refractivity contribution is 7.91. The third-order valence-corrected chi connectivity index (χ3v) is 3.56. The Balaban J connectivity index is 2.55. The van der Waals surface area contributed by atoms with Crippen molar-refractivity contribution in [1.29, 1.82) is 0 Å². The van der Waals surface area contributed by atoms with Gasteiger partial charge in [0.1, 0.15) is 0 Å². The van der Waals surface area contributed by atoms with E-state index in [0.717, 1.165) is 0 Å². The molecule has 0 aliphatic carbocycles. The highest BCUT2D eigenvalue weighted by atomic mass is 32.2. The molecule has 0 fully saturated rings. The summed E-state index contributed by atoms with van der Waals surface area (Å²) in [5, 5.41) is 0. The van der Waals surface area contributed by atoms with Crippen LogP contribution in [0.3, 0.4) is 0 Å². The summed E-state index contributed by atoms with van der Waals surface area (Å²) in [5.74, 6) is 0. The summed E-state index contributed by atoms with van der Waals surface area (Å²) in [5.41, 5.74) is 0. The maximum absolute atomic E-state index is 11.9. The van der Waals surface area contributed by atoms with Crippen molar-refractivity contribution < 1.29 is 8.42 Å². The Morgan fingerprint density at radius 2 is 1.73 bits per heavy atom. The Morgan fingerprint density at radius 3 is 2.33 bits per heavy atom. The topological polar surface area (TPSA) is 34.1 Å². The molecule has 4 radical (unpaired) electrons. The molecule has 0 N–H and O–H groups in total. The number of rotatable bonds is 2. The zero-order valence-corrected chi connectivity index (χ0v) is 8.51. The largest absolute Gasteiger partial charge is 0.218 e. The first-order valence-corrected chi connectivity index (χ1v) is 5.71. The molecule has 0 aromatic heterocycles. The molecule has 0 saturated carbocycles. The van der Waals surface area contributed by atoms with Crippen LogP contribution < -0.4 is 0 Å². The number of sulfone groups is 1. The number of hydrogen-bond donors (Lipinski definition) is 0. The molecule has 0 atom stereocenters. The van der Waals surface area contributed by atoms with Crippen molar-refractivity contribution in [2.45, 2.75) is 9.79 Å². The first-order valence-electron chi connectivity index (χ1n) is 4.23. The van der Waals surface area contributed by atoms with E-state index in [9.17, 15) is 8.42 Å². The molecule has 2 rings (SSSR count). The second-order valence-corrected chi connectivity index (χ2v) is 4.76. The first-order chi connectivity index (χ1) is 7.21. The molecule has 0 unspecified atom stereocenters. The molecule has 0 bridgehead atoms. The van der Waals surface area contributed by atoms with Crippen LogP contribution in [-0.2, 0) is 9.84 Å². The van der Waals surface area contributed by atoms with Crippen molar-refractivity contribution in [1.82, 2.24) is 0 Å². The van der Waals surface area contributed by atoms with Crippen LogP contribution in [0.1, 0.15) is 0 Å². The molecular formula is C12H6O2S. The van der Waals surface area contributed by atoms with Crippen molar-refractivity contribution in [3.05, 3.63) is 60.7 Å². The number of benzene rings is 2. The van der Waals surface area contributed by atoms with Gasteiger partial charge in [0.2, 0.25) is 9.84 Å². The van der Waals surface area contributed by atoms with Gasteiger partial charge in [0.05, 0.1) is 9.79 Å². The van der Waals surface area contributed by atoms with Gasteiger partial charge in [0, 0.05) is 12.1 Å². The van der Waals surface area contributed by atoms with Crippen molar-refractivity contribution in [2.24, 2.45) is 0 Å². The third-order valence-electron chi connectivity index (χ3n) is 1.87. The third kappa shape index (κ3) is 1.92. The Morgan fingerprint density at radius 1 is 1.00 bits per heavy atom. The van der Waals surface area contributed by atoms with E-state index in [2.05, 4.69) is 24.3 Å². The van der Waals surface area contributed by atoms with Gasteiger partial charge in [-0.3, -0.25) is 0 Å². The van der Waals surface area contributed by atoms with Gasteiger partial charge in [-0.1, -0.05) is 18.2 Å². The van der Waals surface area contributed by atoms with E-state index < -0.39 is 9.84 Å². The second-order valence-electron chi connectivity index (χ2n) is 2.84. The van der Waals surface area contributed by atoms with Gasteiger partial charge in [-0.15, -0.1) is 0 Å². The first kappa shape index (κ1) is 9.93. The minimum Gasteiger partial charge on any atom is -0.218 e. The molecule has 2 aromatic carbocycles. The lowest BCUT2D eigenvalue weighted by molar-refractivity contribution is 0.596. The molecule has 0 amide bonds. The van der Waals surface area contributed by atoms with Crippen LogP contribution in [0.2, 0.25) is 0 Å². The van der Waals surface area contributed by atoms with E-state index >= 15 is 0 Å². The van der Waals surface area contributed by atoms with E-state index in [1.165, 1.54) is 6.07 Å². The van der Waals surface area contributed by atoms with Gasteiger partial charge in [0.25, 0.3) is 0 Å². The Bertz CT molecular complexity index is 485. The van der Waals surface area contributed by atoms with E-state index in [0.29, 0.717) is 0 Å². The molecule has 15 heavy (non-hydrogen) atoms. The molecule has 0 spiro atoms. The monoisotopic (exact) mass is 214 g/mol. The average molecular weight is 214 g/mol. The van der Waals surface area contributed by atoms with Gasteiger partial charge < -0.3 is 0 Å². The maximum atomic E-state index is 11.9. The lowest BCUT2D eigenvalue weighted by Crippen LogP contribution is -2.01. The molecule has 2 aromatic rings. The van der Waals surface area contributed by atoms with Crippen molar-refractivity contribution in [3.8, 4) is 0 Å². The Labute approximate surface area is 89.1 Å². The SMILES string of the molecule is O=S(=O)(c1[c][c][c][c]c1)c1ccccc1. The summed E-state index contributed by atoms with van der Waals surface area (Å²) in [6, 6.07) is 19.5. The molecular weight excluding hydrogens is 208 g/mol. The molecule has 0 aliphatic heterocycles.